The number of hydrogen-bond donors (Lipinski definition) is 0. The Morgan fingerprint density at radius 2 is 2.05 bits per heavy atom. The fourth-order valence-electron chi connectivity index (χ4n) is 2.91. The molecule has 0 bridgehead atoms. The van der Waals surface area contributed by atoms with E-state index >= 15 is 0 Å². The van der Waals surface area contributed by atoms with E-state index in [0.717, 1.165) is 0 Å². The van der Waals surface area contributed by atoms with Crippen LogP contribution in [0.15, 0.2) is 12.7 Å². The van der Waals surface area contributed by atoms with Crippen molar-refractivity contribution in [3.05, 3.63) is 17.8 Å². The average Bonchev–Trinajstić information content (AvgIpc) is 3.10. The highest BCUT2D eigenvalue weighted by atomic mass is 35.5. The molecular formula is C13H12ClN5O3. The summed E-state index contributed by atoms with van der Waals surface area (Å²) in [5.74, 6) is -0.768. The van der Waals surface area contributed by atoms with Gasteiger partial charge in [0, 0.05) is 0 Å². The third-order valence-corrected chi connectivity index (χ3v) is 4.02. The number of ether oxygens (including phenoxy) is 3. The Morgan fingerprint density at radius 1 is 1.27 bits per heavy atom. The van der Waals surface area contributed by atoms with Gasteiger partial charge in [0.1, 0.15) is 24.1 Å². The van der Waals surface area contributed by atoms with Gasteiger partial charge in [-0.1, -0.05) is 11.6 Å². The molecule has 0 aliphatic carbocycles. The monoisotopic (exact) mass is 321 g/mol. The van der Waals surface area contributed by atoms with Crippen LogP contribution in [0.4, 0.5) is 0 Å². The lowest BCUT2D eigenvalue weighted by Gasteiger charge is -2.23. The zero-order chi connectivity index (χ0) is 15.5. The molecule has 2 fully saturated rings. The molecule has 114 valence electrons. The van der Waals surface area contributed by atoms with Gasteiger partial charge in [-0.15, -0.1) is 0 Å². The third kappa shape index (κ3) is 1.90. The molecule has 0 saturated carbocycles. The second kappa shape index (κ2) is 4.60. The minimum atomic E-state index is -0.768. The number of halogens is 1. The van der Waals surface area contributed by atoms with Crippen molar-refractivity contribution in [1.29, 1.82) is 5.26 Å². The van der Waals surface area contributed by atoms with E-state index in [-0.39, 0.29) is 5.15 Å². The van der Waals surface area contributed by atoms with E-state index in [4.69, 9.17) is 25.8 Å². The molecular weight excluding hydrogens is 310 g/mol. The Bertz CT molecular complexity index is 786. The molecule has 2 aromatic rings. The second-order valence-corrected chi connectivity index (χ2v) is 5.99. The number of imidazole rings is 1. The maximum absolute atomic E-state index is 9.27. The normalized spacial score (nSPS) is 33.0. The van der Waals surface area contributed by atoms with Gasteiger partial charge in [0.2, 0.25) is 0 Å². The predicted molar refractivity (Wildman–Crippen MR) is 73.7 cm³/mol. The summed E-state index contributed by atoms with van der Waals surface area (Å²) in [6.45, 7) is 3.61. The van der Waals surface area contributed by atoms with Gasteiger partial charge in [-0.3, -0.25) is 4.57 Å². The number of nitriles is 1. The van der Waals surface area contributed by atoms with Gasteiger partial charge in [0.25, 0.3) is 0 Å². The number of hydrogen-bond acceptors (Lipinski definition) is 7. The van der Waals surface area contributed by atoms with E-state index in [1.165, 1.54) is 6.33 Å². The van der Waals surface area contributed by atoms with Crippen LogP contribution >= 0.6 is 11.6 Å². The number of aromatic nitrogens is 4. The molecule has 8 nitrogen and oxygen atoms in total. The molecule has 4 heterocycles. The van der Waals surface area contributed by atoms with Crippen LogP contribution in [0.25, 0.3) is 11.2 Å². The molecule has 2 aliphatic rings. The quantitative estimate of drug-likeness (QED) is 0.733. The summed E-state index contributed by atoms with van der Waals surface area (Å²) in [5, 5.41) is 9.54. The van der Waals surface area contributed by atoms with Crippen molar-refractivity contribution in [2.75, 3.05) is 0 Å². The van der Waals surface area contributed by atoms with Gasteiger partial charge in [-0.05, 0) is 13.8 Å². The van der Waals surface area contributed by atoms with Crippen molar-refractivity contribution >= 4 is 22.8 Å². The van der Waals surface area contributed by atoms with Gasteiger partial charge >= 0.3 is 0 Å². The zero-order valence-electron chi connectivity index (χ0n) is 11.8. The van der Waals surface area contributed by atoms with Crippen LogP contribution in [0.5, 0.6) is 0 Å². The molecule has 0 amide bonds. The topological polar surface area (TPSA) is 95.1 Å². The SMILES string of the molecule is CC1(C)OC2C(C#N)OC(n3cnc4c(Cl)ncnc43)C2O1. The fourth-order valence-corrected chi connectivity index (χ4v) is 3.09. The first-order valence-electron chi connectivity index (χ1n) is 6.74. The Labute approximate surface area is 130 Å². The Kier molecular flexibility index (Phi) is 2.90. The van der Waals surface area contributed by atoms with Gasteiger partial charge in [-0.2, -0.15) is 5.26 Å². The summed E-state index contributed by atoms with van der Waals surface area (Å²) in [7, 11) is 0. The molecule has 0 aromatic carbocycles. The third-order valence-electron chi connectivity index (χ3n) is 3.74. The van der Waals surface area contributed by atoms with Gasteiger partial charge in [0.15, 0.2) is 28.9 Å². The molecule has 4 rings (SSSR count). The van der Waals surface area contributed by atoms with Crippen molar-refractivity contribution in [2.24, 2.45) is 0 Å². The lowest BCUT2D eigenvalue weighted by atomic mass is 10.1. The standard InChI is InChI=1S/C13H12ClN5O3/c1-13(2)21-8-6(3-15)20-12(9(8)22-13)19-5-18-7-10(14)16-4-17-11(7)19/h4-6,8-9,12H,1-2H3. The predicted octanol–water partition coefficient (Wildman–Crippen LogP) is 1.42. The van der Waals surface area contributed by atoms with E-state index in [2.05, 4.69) is 21.0 Å². The van der Waals surface area contributed by atoms with E-state index < -0.39 is 30.3 Å². The molecule has 9 heteroatoms. The van der Waals surface area contributed by atoms with E-state index in [1.807, 2.05) is 13.8 Å². The first-order valence-corrected chi connectivity index (χ1v) is 7.12. The summed E-state index contributed by atoms with van der Waals surface area (Å²) < 4.78 is 19.1. The molecule has 0 N–H and O–H groups in total. The van der Waals surface area contributed by atoms with E-state index in [0.29, 0.717) is 11.2 Å². The smallest absolute Gasteiger partial charge is 0.175 e. The summed E-state index contributed by atoms with van der Waals surface area (Å²) in [6, 6.07) is 2.10. The van der Waals surface area contributed by atoms with Gasteiger partial charge in [0.05, 0.1) is 12.4 Å². The summed E-state index contributed by atoms with van der Waals surface area (Å²) in [4.78, 5) is 12.3. The largest absolute Gasteiger partial charge is 0.341 e. The van der Waals surface area contributed by atoms with Gasteiger partial charge < -0.3 is 14.2 Å². The summed E-state index contributed by atoms with van der Waals surface area (Å²) in [6.07, 6.45) is 0.749. The Balaban J connectivity index is 1.79. The maximum Gasteiger partial charge on any atom is 0.175 e. The molecule has 0 spiro atoms. The molecule has 2 aromatic heterocycles. The van der Waals surface area contributed by atoms with Crippen LogP contribution in [0.3, 0.4) is 0 Å². The fraction of sp³-hybridized carbons (Fsp3) is 0.538. The van der Waals surface area contributed by atoms with E-state index in [1.54, 1.807) is 10.9 Å². The van der Waals surface area contributed by atoms with Crippen molar-refractivity contribution in [1.82, 2.24) is 19.5 Å². The van der Waals surface area contributed by atoms with E-state index in [9.17, 15) is 5.26 Å². The molecule has 4 atom stereocenters. The van der Waals surface area contributed by atoms with Crippen LogP contribution in [0, 0.1) is 11.3 Å². The molecule has 0 radical (unpaired) electrons. The van der Waals surface area contributed by atoms with Crippen LogP contribution in [-0.4, -0.2) is 43.6 Å². The summed E-state index contributed by atoms with van der Waals surface area (Å²) >= 11 is 6.01. The Hall–Kier alpha value is -1.79. The number of rotatable bonds is 1. The van der Waals surface area contributed by atoms with Crippen molar-refractivity contribution in [2.45, 2.75) is 44.2 Å². The van der Waals surface area contributed by atoms with Crippen molar-refractivity contribution < 1.29 is 14.2 Å². The molecule has 22 heavy (non-hydrogen) atoms. The molecule has 2 aliphatic heterocycles. The minimum absolute atomic E-state index is 0.263. The lowest BCUT2D eigenvalue weighted by Crippen LogP contribution is -2.28. The highest BCUT2D eigenvalue weighted by Crippen LogP contribution is 2.43. The first kappa shape index (κ1) is 13.8. The minimum Gasteiger partial charge on any atom is -0.341 e. The number of nitrogens with zero attached hydrogens (tertiary/aromatic N) is 5. The molecule has 4 unspecified atom stereocenters. The van der Waals surface area contributed by atoms with Crippen LogP contribution in [-0.2, 0) is 14.2 Å². The van der Waals surface area contributed by atoms with Crippen LogP contribution < -0.4 is 0 Å². The Morgan fingerprint density at radius 3 is 2.82 bits per heavy atom. The van der Waals surface area contributed by atoms with Gasteiger partial charge in [-0.25, -0.2) is 15.0 Å². The zero-order valence-corrected chi connectivity index (χ0v) is 12.6. The van der Waals surface area contributed by atoms with Crippen molar-refractivity contribution in [3.8, 4) is 6.07 Å². The maximum atomic E-state index is 9.27. The first-order chi connectivity index (χ1) is 10.5. The summed E-state index contributed by atoms with van der Waals surface area (Å²) in [5.41, 5.74) is 0.999. The second-order valence-electron chi connectivity index (χ2n) is 5.63. The van der Waals surface area contributed by atoms with Crippen LogP contribution in [0.2, 0.25) is 5.15 Å². The van der Waals surface area contributed by atoms with Crippen LogP contribution in [0.1, 0.15) is 20.1 Å². The lowest BCUT2D eigenvalue weighted by molar-refractivity contribution is -0.190. The number of fused-ring (bicyclic) bond motifs is 2. The van der Waals surface area contributed by atoms with Crippen molar-refractivity contribution in [3.63, 3.8) is 0 Å². The highest BCUT2D eigenvalue weighted by Gasteiger charge is 2.56. The highest BCUT2D eigenvalue weighted by molar-refractivity contribution is 6.33. The average molecular weight is 322 g/mol. The molecule has 2 saturated heterocycles.